The summed E-state index contributed by atoms with van der Waals surface area (Å²) in [6.07, 6.45) is 3.88. The van der Waals surface area contributed by atoms with Crippen LogP contribution in [0.3, 0.4) is 0 Å². The van der Waals surface area contributed by atoms with E-state index in [1.54, 1.807) is 35.4 Å². The smallest absolute Gasteiger partial charge is 0.258 e. The first-order chi connectivity index (χ1) is 12.7. The molecule has 7 heteroatoms. The lowest BCUT2D eigenvalue weighted by molar-refractivity contribution is -0.123. The van der Waals surface area contributed by atoms with Crippen LogP contribution in [0.15, 0.2) is 61.2 Å². The van der Waals surface area contributed by atoms with Gasteiger partial charge in [-0.2, -0.15) is 0 Å². The van der Waals surface area contributed by atoms with E-state index >= 15 is 0 Å². The number of benzene rings is 2. The maximum Gasteiger partial charge on any atom is 0.258 e. The van der Waals surface area contributed by atoms with E-state index in [9.17, 15) is 4.79 Å². The van der Waals surface area contributed by atoms with Crippen LogP contribution >= 0.6 is 11.6 Å². The number of ether oxygens (including phenoxy) is 1. The zero-order chi connectivity index (χ0) is 18.4. The molecule has 3 rings (SSSR count). The Labute approximate surface area is 156 Å². The number of nitrogens with one attached hydrogen (secondary N) is 1. The molecule has 0 aliphatic rings. The van der Waals surface area contributed by atoms with Crippen molar-refractivity contribution in [3.8, 4) is 11.4 Å². The van der Waals surface area contributed by atoms with Gasteiger partial charge >= 0.3 is 0 Å². The molecule has 2 aromatic carbocycles. The molecular weight excluding hydrogens is 352 g/mol. The first-order valence-electron chi connectivity index (χ1n) is 8.29. The number of carbonyl (C=O) groups is 1. The van der Waals surface area contributed by atoms with Crippen molar-refractivity contribution in [2.24, 2.45) is 0 Å². The molecule has 3 aromatic rings. The van der Waals surface area contributed by atoms with E-state index in [0.717, 1.165) is 12.0 Å². The van der Waals surface area contributed by atoms with Crippen molar-refractivity contribution in [2.75, 3.05) is 6.61 Å². The zero-order valence-electron chi connectivity index (χ0n) is 14.3. The van der Waals surface area contributed by atoms with Gasteiger partial charge in [-0.1, -0.05) is 48.9 Å². The van der Waals surface area contributed by atoms with Gasteiger partial charge in [-0.15, -0.1) is 10.2 Å². The highest BCUT2D eigenvalue weighted by molar-refractivity contribution is 6.30. The fourth-order valence-corrected chi connectivity index (χ4v) is 2.79. The van der Waals surface area contributed by atoms with Gasteiger partial charge in [0.1, 0.15) is 18.4 Å². The van der Waals surface area contributed by atoms with Crippen molar-refractivity contribution in [1.82, 2.24) is 20.1 Å². The van der Waals surface area contributed by atoms with Crippen LogP contribution in [-0.4, -0.2) is 27.3 Å². The fourth-order valence-electron chi connectivity index (χ4n) is 2.63. The monoisotopic (exact) mass is 370 g/mol. The number of amides is 1. The largest absolute Gasteiger partial charge is 0.482 e. The summed E-state index contributed by atoms with van der Waals surface area (Å²) in [5.74, 6) is 0.336. The predicted octanol–water partition coefficient (Wildman–Crippen LogP) is 3.57. The highest BCUT2D eigenvalue weighted by Crippen LogP contribution is 2.26. The predicted molar refractivity (Wildman–Crippen MR) is 99.5 cm³/mol. The highest BCUT2D eigenvalue weighted by atomic mass is 35.5. The first kappa shape index (κ1) is 17.9. The summed E-state index contributed by atoms with van der Waals surface area (Å²) in [5.41, 5.74) is 1.74. The van der Waals surface area contributed by atoms with Gasteiger partial charge in [0.15, 0.2) is 6.61 Å². The summed E-state index contributed by atoms with van der Waals surface area (Å²) in [6, 6.07) is 15.0. The second-order valence-corrected chi connectivity index (χ2v) is 6.15. The minimum Gasteiger partial charge on any atom is -0.482 e. The topological polar surface area (TPSA) is 69.0 Å². The lowest BCUT2D eigenvalue weighted by Crippen LogP contribution is -2.32. The van der Waals surface area contributed by atoms with Crippen LogP contribution in [0, 0.1) is 0 Å². The van der Waals surface area contributed by atoms with Crippen molar-refractivity contribution in [1.29, 1.82) is 0 Å². The lowest BCUT2D eigenvalue weighted by atomic mass is 10.0. The van der Waals surface area contributed by atoms with Gasteiger partial charge in [0.2, 0.25) is 0 Å². The molecule has 0 saturated carbocycles. The summed E-state index contributed by atoms with van der Waals surface area (Å²) in [5, 5.41) is 11.1. The van der Waals surface area contributed by atoms with Gasteiger partial charge < -0.3 is 10.1 Å². The van der Waals surface area contributed by atoms with E-state index in [0.29, 0.717) is 16.5 Å². The van der Waals surface area contributed by atoms with Crippen LogP contribution in [0.5, 0.6) is 5.75 Å². The molecule has 0 saturated heterocycles. The SMILES string of the molecule is CCC(NC(=O)COc1ccc(Cl)cc1-n1cnnc1)c1ccccc1. The molecule has 0 aliphatic carbocycles. The molecule has 0 bridgehead atoms. The molecule has 0 fully saturated rings. The Morgan fingerprint density at radius 2 is 1.92 bits per heavy atom. The quantitative estimate of drug-likeness (QED) is 0.690. The maximum atomic E-state index is 12.3. The van der Waals surface area contributed by atoms with Crippen molar-refractivity contribution in [3.05, 3.63) is 71.8 Å². The van der Waals surface area contributed by atoms with Gasteiger partial charge in [0, 0.05) is 5.02 Å². The molecule has 1 N–H and O–H groups in total. The molecule has 1 heterocycles. The number of halogens is 1. The standard InChI is InChI=1S/C19H19ClN4O2/c1-2-16(14-6-4-3-5-7-14)23-19(25)11-26-18-9-8-15(20)10-17(18)24-12-21-22-13-24/h3-10,12-13,16H,2,11H2,1H3,(H,23,25). The van der Waals surface area contributed by atoms with E-state index in [4.69, 9.17) is 16.3 Å². The van der Waals surface area contributed by atoms with Crippen LogP contribution < -0.4 is 10.1 Å². The Morgan fingerprint density at radius 1 is 1.19 bits per heavy atom. The van der Waals surface area contributed by atoms with Gasteiger partial charge in [-0.25, -0.2) is 0 Å². The van der Waals surface area contributed by atoms with Gasteiger partial charge in [0.05, 0.1) is 11.7 Å². The summed E-state index contributed by atoms with van der Waals surface area (Å²) < 4.78 is 7.39. The van der Waals surface area contributed by atoms with E-state index < -0.39 is 0 Å². The van der Waals surface area contributed by atoms with Crippen LogP contribution in [-0.2, 0) is 4.79 Å². The molecule has 1 atom stereocenters. The minimum atomic E-state index is -0.189. The normalized spacial score (nSPS) is 11.8. The number of hydrogen-bond donors (Lipinski definition) is 1. The number of aromatic nitrogens is 3. The Balaban J connectivity index is 1.66. The molecule has 1 aromatic heterocycles. The number of carbonyl (C=O) groups excluding carboxylic acids is 1. The van der Waals surface area contributed by atoms with Crippen LogP contribution in [0.1, 0.15) is 24.9 Å². The third-order valence-electron chi connectivity index (χ3n) is 3.92. The molecule has 134 valence electrons. The summed E-state index contributed by atoms with van der Waals surface area (Å²) in [6.45, 7) is 1.93. The molecule has 0 spiro atoms. The number of nitrogens with zero attached hydrogens (tertiary/aromatic N) is 3. The van der Waals surface area contributed by atoms with E-state index in [1.165, 1.54) is 0 Å². The average Bonchev–Trinajstić information content (AvgIpc) is 3.20. The minimum absolute atomic E-state index is 0.0464. The zero-order valence-corrected chi connectivity index (χ0v) is 15.1. The van der Waals surface area contributed by atoms with E-state index in [1.807, 2.05) is 37.3 Å². The summed E-state index contributed by atoms with van der Waals surface area (Å²) in [7, 11) is 0. The molecule has 1 unspecified atom stereocenters. The molecule has 6 nitrogen and oxygen atoms in total. The average molecular weight is 371 g/mol. The van der Waals surface area contributed by atoms with Crippen molar-refractivity contribution >= 4 is 17.5 Å². The molecule has 0 aliphatic heterocycles. The van der Waals surface area contributed by atoms with Crippen molar-refractivity contribution in [3.63, 3.8) is 0 Å². The van der Waals surface area contributed by atoms with E-state index in [-0.39, 0.29) is 18.6 Å². The van der Waals surface area contributed by atoms with Crippen LogP contribution in [0.25, 0.3) is 5.69 Å². The first-order valence-corrected chi connectivity index (χ1v) is 8.67. The lowest BCUT2D eigenvalue weighted by Gasteiger charge is -2.18. The van der Waals surface area contributed by atoms with Crippen LogP contribution in [0.2, 0.25) is 5.02 Å². The Hall–Kier alpha value is -2.86. The van der Waals surface area contributed by atoms with Crippen LogP contribution in [0.4, 0.5) is 0 Å². The second kappa shape index (κ2) is 8.49. The molecular formula is C19H19ClN4O2. The van der Waals surface area contributed by atoms with Gasteiger partial charge in [0.25, 0.3) is 5.91 Å². The van der Waals surface area contributed by atoms with E-state index in [2.05, 4.69) is 15.5 Å². The van der Waals surface area contributed by atoms with Gasteiger partial charge in [-0.3, -0.25) is 9.36 Å². The highest BCUT2D eigenvalue weighted by Gasteiger charge is 2.14. The summed E-state index contributed by atoms with van der Waals surface area (Å²) in [4.78, 5) is 12.3. The van der Waals surface area contributed by atoms with Gasteiger partial charge in [-0.05, 0) is 30.2 Å². The molecule has 0 radical (unpaired) electrons. The third kappa shape index (κ3) is 4.40. The maximum absolute atomic E-state index is 12.3. The molecule has 1 amide bonds. The number of hydrogen-bond acceptors (Lipinski definition) is 4. The number of rotatable bonds is 7. The van der Waals surface area contributed by atoms with Crippen molar-refractivity contribution in [2.45, 2.75) is 19.4 Å². The van der Waals surface area contributed by atoms with Crippen molar-refractivity contribution < 1.29 is 9.53 Å². The Kier molecular flexibility index (Phi) is 5.86. The third-order valence-corrected chi connectivity index (χ3v) is 4.16. The summed E-state index contributed by atoms with van der Waals surface area (Å²) >= 11 is 6.06. The Bertz CT molecular complexity index is 853. The second-order valence-electron chi connectivity index (χ2n) is 5.71. The fraction of sp³-hybridized carbons (Fsp3) is 0.211. The Morgan fingerprint density at radius 3 is 2.62 bits per heavy atom. The molecule has 26 heavy (non-hydrogen) atoms.